The Morgan fingerprint density at radius 2 is 1.73 bits per heavy atom. The number of nitrogens with zero attached hydrogens (tertiary/aromatic N) is 1. The van der Waals surface area contributed by atoms with Gasteiger partial charge in [0.15, 0.2) is 0 Å². The molecule has 0 aliphatic heterocycles. The molecule has 2 aromatic rings. The van der Waals surface area contributed by atoms with Crippen LogP contribution in [0.1, 0.15) is 49.3 Å². The number of rotatable bonds is 7. The largest absolute Gasteiger partial charge is 0.351 e. The molecule has 0 saturated heterocycles. The molecule has 1 aliphatic rings. The van der Waals surface area contributed by atoms with Crippen molar-refractivity contribution in [3.05, 3.63) is 70.5 Å². The number of carbonyl (C=O) groups excluding carboxylic acids is 2. The number of benzene rings is 2. The molecule has 7 heteroatoms. The second-order valence-electron chi connectivity index (χ2n) is 7.54. The van der Waals surface area contributed by atoms with Gasteiger partial charge in [0.2, 0.25) is 11.8 Å². The van der Waals surface area contributed by atoms with Crippen molar-refractivity contribution in [1.82, 2.24) is 10.2 Å². The summed E-state index contributed by atoms with van der Waals surface area (Å²) < 4.78 is 13.5. The molecule has 4 nitrogen and oxygen atoms in total. The van der Waals surface area contributed by atoms with Gasteiger partial charge >= 0.3 is 0 Å². The summed E-state index contributed by atoms with van der Waals surface area (Å²) in [6, 6.07) is 11.9. The van der Waals surface area contributed by atoms with Crippen LogP contribution in [0.2, 0.25) is 5.02 Å². The highest BCUT2D eigenvalue weighted by molar-refractivity contribution is 6.31. The van der Waals surface area contributed by atoms with Crippen molar-refractivity contribution in [2.45, 2.75) is 50.7 Å². The van der Waals surface area contributed by atoms with Crippen LogP contribution in [0.4, 0.5) is 4.39 Å². The molecule has 2 aromatic carbocycles. The monoisotopic (exact) mass is 450 g/mol. The molecule has 0 radical (unpaired) electrons. The SMILES string of the molecule is O=C(NC1CCCCC1)[C@H](c1ccc(F)cc1)N(Cc1ccccc1Cl)C(=O)CCl. The van der Waals surface area contributed by atoms with Gasteiger partial charge in [-0.25, -0.2) is 4.39 Å². The molecule has 1 fully saturated rings. The molecule has 1 atom stereocenters. The van der Waals surface area contributed by atoms with Crippen LogP contribution in [0.15, 0.2) is 48.5 Å². The van der Waals surface area contributed by atoms with E-state index < -0.39 is 17.8 Å². The zero-order valence-corrected chi connectivity index (χ0v) is 18.1. The predicted octanol–water partition coefficient (Wildman–Crippen LogP) is 5.24. The van der Waals surface area contributed by atoms with Gasteiger partial charge in [-0.2, -0.15) is 0 Å². The average Bonchev–Trinajstić information content (AvgIpc) is 2.76. The molecule has 0 aromatic heterocycles. The summed E-state index contributed by atoms with van der Waals surface area (Å²) >= 11 is 12.2. The zero-order valence-electron chi connectivity index (χ0n) is 16.6. The number of hydrogen-bond acceptors (Lipinski definition) is 2. The third kappa shape index (κ3) is 5.73. The van der Waals surface area contributed by atoms with Gasteiger partial charge in [-0.3, -0.25) is 9.59 Å². The fraction of sp³-hybridized carbons (Fsp3) is 0.391. The topological polar surface area (TPSA) is 49.4 Å². The van der Waals surface area contributed by atoms with Crippen LogP contribution >= 0.6 is 23.2 Å². The summed E-state index contributed by atoms with van der Waals surface area (Å²) in [6.45, 7) is 0.116. The van der Waals surface area contributed by atoms with E-state index in [1.54, 1.807) is 18.2 Å². The molecule has 2 amide bonds. The molecule has 160 valence electrons. The van der Waals surface area contributed by atoms with Crippen molar-refractivity contribution in [2.75, 3.05) is 5.88 Å². The van der Waals surface area contributed by atoms with Gasteiger partial charge in [0.05, 0.1) is 0 Å². The molecule has 0 heterocycles. The fourth-order valence-electron chi connectivity index (χ4n) is 3.86. The maximum atomic E-state index is 13.5. The highest BCUT2D eigenvalue weighted by atomic mass is 35.5. The van der Waals surface area contributed by atoms with Gasteiger partial charge in [0.25, 0.3) is 0 Å². The Hall–Kier alpha value is -2.11. The first-order valence-electron chi connectivity index (χ1n) is 10.1. The minimum absolute atomic E-state index is 0.0717. The highest BCUT2D eigenvalue weighted by Crippen LogP contribution is 2.28. The molecular formula is C23H25Cl2FN2O2. The number of amides is 2. The molecule has 0 spiro atoms. The van der Waals surface area contributed by atoms with Crippen LogP contribution in [-0.4, -0.2) is 28.6 Å². The van der Waals surface area contributed by atoms with E-state index in [1.165, 1.54) is 29.2 Å². The summed E-state index contributed by atoms with van der Waals surface area (Å²) in [4.78, 5) is 27.6. The second kappa shape index (κ2) is 10.8. The van der Waals surface area contributed by atoms with E-state index in [1.807, 2.05) is 6.07 Å². The van der Waals surface area contributed by atoms with Crippen LogP contribution in [0.5, 0.6) is 0 Å². The molecule has 0 unspecified atom stereocenters. The average molecular weight is 451 g/mol. The van der Waals surface area contributed by atoms with E-state index in [-0.39, 0.29) is 24.4 Å². The van der Waals surface area contributed by atoms with E-state index >= 15 is 0 Å². The normalized spacial score (nSPS) is 15.4. The maximum absolute atomic E-state index is 13.5. The van der Waals surface area contributed by atoms with Gasteiger partial charge in [-0.15, -0.1) is 11.6 Å². The molecule has 30 heavy (non-hydrogen) atoms. The Morgan fingerprint density at radius 3 is 2.37 bits per heavy atom. The first-order chi connectivity index (χ1) is 14.5. The van der Waals surface area contributed by atoms with E-state index in [0.717, 1.165) is 32.1 Å². The molecule has 1 aliphatic carbocycles. The number of hydrogen-bond donors (Lipinski definition) is 1. The molecule has 1 saturated carbocycles. The number of halogens is 3. The van der Waals surface area contributed by atoms with Crippen LogP contribution in [0.3, 0.4) is 0 Å². The van der Waals surface area contributed by atoms with E-state index in [2.05, 4.69) is 5.32 Å². The van der Waals surface area contributed by atoms with Gasteiger partial charge < -0.3 is 10.2 Å². The third-order valence-electron chi connectivity index (χ3n) is 5.43. The third-order valence-corrected chi connectivity index (χ3v) is 6.03. The van der Waals surface area contributed by atoms with E-state index in [9.17, 15) is 14.0 Å². The quantitative estimate of drug-likeness (QED) is 0.586. The first-order valence-corrected chi connectivity index (χ1v) is 11.1. The van der Waals surface area contributed by atoms with E-state index in [4.69, 9.17) is 23.2 Å². The Labute approximate surface area is 186 Å². The Kier molecular flexibility index (Phi) is 8.11. The summed E-state index contributed by atoms with van der Waals surface area (Å²) in [5.41, 5.74) is 1.23. The Balaban J connectivity index is 1.95. The zero-order chi connectivity index (χ0) is 21.5. The van der Waals surface area contributed by atoms with Gasteiger partial charge in [0, 0.05) is 17.6 Å². The lowest BCUT2D eigenvalue weighted by atomic mass is 9.94. The summed E-state index contributed by atoms with van der Waals surface area (Å²) in [6.07, 6.45) is 5.12. The van der Waals surface area contributed by atoms with Crippen molar-refractivity contribution in [1.29, 1.82) is 0 Å². The number of alkyl halides is 1. The lowest BCUT2D eigenvalue weighted by Gasteiger charge is -2.33. The second-order valence-corrected chi connectivity index (χ2v) is 8.22. The first kappa shape index (κ1) is 22.6. The lowest BCUT2D eigenvalue weighted by Crippen LogP contribution is -2.47. The minimum atomic E-state index is -0.935. The standard InChI is InChI=1S/C23H25Cl2FN2O2/c24-14-21(29)28(15-17-6-4-5-9-20(17)25)22(16-10-12-18(26)13-11-16)23(30)27-19-7-2-1-3-8-19/h4-6,9-13,19,22H,1-3,7-8,14-15H2,(H,27,30)/t22-/m0/s1. The maximum Gasteiger partial charge on any atom is 0.247 e. The molecule has 3 rings (SSSR count). The predicted molar refractivity (Wildman–Crippen MR) is 117 cm³/mol. The van der Waals surface area contributed by atoms with Crippen molar-refractivity contribution < 1.29 is 14.0 Å². The van der Waals surface area contributed by atoms with Crippen LogP contribution in [-0.2, 0) is 16.1 Å². The summed E-state index contributed by atoms with van der Waals surface area (Å²) in [5, 5.41) is 3.59. The van der Waals surface area contributed by atoms with Gasteiger partial charge in [-0.05, 0) is 42.2 Å². The number of carbonyl (C=O) groups is 2. The minimum Gasteiger partial charge on any atom is -0.351 e. The van der Waals surface area contributed by atoms with Gasteiger partial charge in [-0.1, -0.05) is 61.2 Å². The summed E-state index contributed by atoms with van der Waals surface area (Å²) in [7, 11) is 0. The van der Waals surface area contributed by atoms with Crippen LogP contribution < -0.4 is 5.32 Å². The molecule has 1 N–H and O–H groups in total. The van der Waals surface area contributed by atoms with Crippen molar-refractivity contribution in [3.63, 3.8) is 0 Å². The van der Waals surface area contributed by atoms with E-state index in [0.29, 0.717) is 16.1 Å². The van der Waals surface area contributed by atoms with Crippen molar-refractivity contribution in [2.24, 2.45) is 0 Å². The van der Waals surface area contributed by atoms with Crippen molar-refractivity contribution in [3.8, 4) is 0 Å². The van der Waals surface area contributed by atoms with Crippen molar-refractivity contribution >= 4 is 35.0 Å². The highest BCUT2D eigenvalue weighted by Gasteiger charge is 2.33. The van der Waals surface area contributed by atoms with Gasteiger partial charge in [0.1, 0.15) is 17.7 Å². The Bertz CT molecular complexity index is 870. The summed E-state index contributed by atoms with van der Waals surface area (Å²) in [5.74, 6) is -1.38. The number of nitrogens with one attached hydrogen (secondary N) is 1. The van der Waals surface area contributed by atoms with Crippen LogP contribution in [0, 0.1) is 5.82 Å². The molecule has 0 bridgehead atoms. The molecular weight excluding hydrogens is 426 g/mol. The fourth-order valence-corrected chi connectivity index (χ4v) is 4.20. The van der Waals surface area contributed by atoms with Crippen LogP contribution in [0.25, 0.3) is 0 Å². The Morgan fingerprint density at radius 1 is 1.07 bits per heavy atom. The smallest absolute Gasteiger partial charge is 0.247 e. The lowest BCUT2D eigenvalue weighted by molar-refractivity contribution is -0.140.